The van der Waals surface area contributed by atoms with E-state index in [1.165, 1.54) is 0 Å². The zero-order valence-corrected chi connectivity index (χ0v) is 8.85. The van der Waals surface area contributed by atoms with Gasteiger partial charge in [-0.25, -0.2) is 0 Å². The number of rotatable bonds is 1. The molecular weight excluding hydrogens is 220 g/mol. The molecule has 16 heavy (non-hydrogen) atoms. The van der Waals surface area contributed by atoms with Crippen LogP contribution in [-0.2, 0) is 0 Å². The third kappa shape index (κ3) is 1.50. The van der Waals surface area contributed by atoms with Crippen LogP contribution in [0.5, 0.6) is 0 Å². The molecule has 0 spiro atoms. The minimum Gasteiger partial charge on any atom is -0.464 e. The summed E-state index contributed by atoms with van der Waals surface area (Å²) in [6.07, 6.45) is -0.209. The van der Waals surface area contributed by atoms with Crippen molar-refractivity contribution >= 4 is 22.6 Å². The third-order valence-corrected chi connectivity index (χ3v) is 2.51. The van der Waals surface area contributed by atoms with Crippen LogP contribution in [0.3, 0.4) is 0 Å². The van der Waals surface area contributed by atoms with E-state index in [2.05, 4.69) is 0 Å². The molecule has 0 radical (unpaired) electrons. The summed E-state index contributed by atoms with van der Waals surface area (Å²) in [7, 11) is 0. The number of para-hydroxylation sites is 1. The second-order valence-corrected chi connectivity index (χ2v) is 3.73. The molecule has 0 bridgehead atoms. The third-order valence-electron chi connectivity index (χ3n) is 2.27. The van der Waals surface area contributed by atoms with Crippen LogP contribution in [0.15, 0.2) is 59.1 Å². The van der Waals surface area contributed by atoms with Gasteiger partial charge in [-0.05, 0) is 23.7 Å². The Morgan fingerprint density at radius 3 is 2.94 bits per heavy atom. The highest BCUT2D eigenvalue weighted by Crippen LogP contribution is 2.31. The van der Waals surface area contributed by atoms with Crippen molar-refractivity contribution < 1.29 is 11.3 Å². The molecule has 0 atom stereocenters. The maximum atomic E-state index is 8.02. The predicted octanol–water partition coefficient (Wildman–Crippen LogP) is 4.75. The molecule has 1 heterocycles. The molecule has 0 aliphatic heterocycles. The molecular formula is C14H9ClO. The molecule has 1 aromatic heterocycles. The standard InChI is InChI=1S/C14H9ClO/c15-11-5-3-4-10(8-11)13-9-16-14-7-2-1-6-12(13)14/h1-9H/i1D,2D,6D,7D,9D. The van der Waals surface area contributed by atoms with E-state index >= 15 is 0 Å². The van der Waals surface area contributed by atoms with Crippen molar-refractivity contribution in [1.29, 1.82) is 0 Å². The average Bonchev–Trinajstić information content (AvgIpc) is 2.80. The van der Waals surface area contributed by atoms with Crippen molar-refractivity contribution in [1.82, 2.24) is 0 Å². The molecule has 2 aromatic carbocycles. The summed E-state index contributed by atoms with van der Waals surface area (Å²) in [5.74, 6) is 0. The SMILES string of the molecule is [2H]c1oc2c([2H])c([2H])c([2H])c([2H])c2c1-c1cccc(Cl)c1. The van der Waals surface area contributed by atoms with Gasteiger partial charge < -0.3 is 4.42 Å². The molecule has 0 saturated heterocycles. The first-order chi connectivity index (χ1) is 9.91. The molecule has 0 aliphatic carbocycles. The van der Waals surface area contributed by atoms with E-state index in [0.29, 0.717) is 16.1 Å². The number of hydrogen-bond donors (Lipinski definition) is 0. The predicted molar refractivity (Wildman–Crippen MR) is 66.7 cm³/mol. The van der Waals surface area contributed by atoms with Crippen molar-refractivity contribution in [3.05, 3.63) is 59.7 Å². The van der Waals surface area contributed by atoms with Crippen molar-refractivity contribution in [2.24, 2.45) is 0 Å². The lowest BCUT2D eigenvalue weighted by Crippen LogP contribution is -1.74. The van der Waals surface area contributed by atoms with Crippen LogP contribution in [0, 0.1) is 0 Å². The van der Waals surface area contributed by atoms with Gasteiger partial charge in [-0.3, -0.25) is 0 Å². The summed E-state index contributed by atoms with van der Waals surface area (Å²) in [5.41, 5.74) is 0.886. The van der Waals surface area contributed by atoms with Crippen LogP contribution in [-0.4, -0.2) is 0 Å². The van der Waals surface area contributed by atoms with E-state index < -0.39 is 0 Å². The fourth-order valence-corrected chi connectivity index (χ4v) is 1.74. The molecule has 0 N–H and O–H groups in total. The Bertz CT molecular complexity index is 872. The monoisotopic (exact) mass is 233 g/mol. The Kier molecular flexibility index (Phi) is 1.28. The van der Waals surface area contributed by atoms with Gasteiger partial charge in [0.1, 0.15) is 6.95 Å². The van der Waals surface area contributed by atoms with Crippen LogP contribution in [0.2, 0.25) is 5.02 Å². The molecule has 0 fully saturated rings. The van der Waals surface area contributed by atoms with Crippen molar-refractivity contribution in [2.45, 2.75) is 0 Å². The zero-order valence-electron chi connectivity index (χ0n) is 13.1. The van der Waals surface area contributed by atoms with Crippen LogP contribution in [0.1, 0.15) is 6.85 Å². The summed E-state index contributed by atoms with van der Waals surface area (Å²) in [6, 6.07) is 5.51. The van der Waals surface area contributed by atoms with Crippen LogP contribution < -0.4 is 0 Å². The van der Waals surface area contributed by atoms with Crippen LogP contribution >= 0.6 is 11.6 Å². The first kappa shape index (κ1) is 5.55. The number of halogens is 1. The van der Waals surface area contributed by atoms with Gasteiger partial charge >= 0.3 is 0 Å². The van der Waals surface area contributed by atoms with Gasteiger partial charge in [-0.2, -0.15) is 0 Å². The van der Waals surface area contributed by atoms with Gasteiger partial charge in [0, 0.05) is 16.0 Å². The normalized spacial score (nSPS) is 15.2. The number of benzene rings is 2. The van der Waals surface area contributed by atoms with Crippen molar-refractivity contribution in [3.8, 4) is 11.1 Å². The fraction of sp³-hybridized carbons (Fsp3) is 0. The smallest absolute Gasteiger partial charge is 0.134 e. The molecule has 0 saturated carbocycles. The molecule has 0 unspecified atom stereocenters. The van der Waals surface area contributed by atoms with E-state index in [1.807, 2.05) is 0 Å². The Labute approximate surface area is 105 Å². The lowest BCUT2D eigenvalue weighted by Gasteiger charge is -1.98. The Morgan fingerprint density at radius 2 is 2.06 bits per heavy atom. The lowest BCUT2D eigenvalue weighted by molar-refractivity contribution is 0.617. The summed E-state index contributed by atoms with van der Waals surface area (Å²) in [6.45, 7) is 0. The average molecular weight is 234 g/mol. The Morgan fingerprint density at radius 1 is 1.19 bits per heavy atom. The van der Waals surface area contributed by atoms with Crippen molar-refractivity contribution in [2.75, 3.05) is 0 Å². The topological polar surface area (TPSA) is 13.1 Å². The molecule has 1 nitrogen and oxygen atoms in total. The van der Waals surface area contributed by atoms with E-state index in [9.17, 15) is 0 Å². The second-order valence-electron chi connectivity index (χ2n) is 3.29. The van der Waals surface area contributed by atoms with Gasteiger partial charge in [-0.1, -0.05) is 41.9 Å². The molecule has 3 aromatic rings. The van der Waals surface area contributed by atoms with E-state index in [0.717, 1.165) is 0 Å². The molecule has 78 valence electrons. The van der Waals surface area contributed by atoms with E-state index in [-0.39, 0.29) is 41.4 Å². The van der Waals surface area contributed by atoms with Gasteiger partial charge in [0.25, 0.3) is 0 Å². The highest BCUT2D eigenvalue weighted by atomic mass is 35.5. The number of furan rings is 1. The van der Waals surface area contributed by atoms with Gasteiger partial charge in [0.2, 0.25) is 0 Å². The Hall–Kier alpha value is -1.73. The number of hydrogen-bond acceptors (Lipinski definition) is 1. The maximum Gasteiger partial charge on any atom is 0.134 e. The van der Waals surface area contributed by atoms with Crippen LogP contribution in [0.25, 0.3) is 22.1 Å². The Balaban J connectivity index is 2.47. The minimum atomic E-state index is -0.376. The van der Waals surface area contributed by atoms with E-state index in [4.69, 9.17) is 22.9 Å². The van der Waals surface area contributed by atoms with Gasteiger partial charge in [0.05, 0.1) is 11.7 Å². The summed E-state index contributed by atoms with van der Waals surface area (Å²) in [5, 5.41) is 0.676. The molecule has 2 heteroatoms. The first-order valence-electron chi connectivity index (χ1n) is 7.17. The molecule has 0 aliphatic rings. The zero-order chi connectivity index (χ0) is 15.3. The highest BCUT2D eigenvalue weighted by Gasteiger charge is 2.07. The number of fused-ring (bicyclic) bond motifs is 1. The fourth-order valence-electron chi connectivity index (χ4n) is 1.55. The summed E-state index contributed by atoms with van der Waals surface area (Å²) < 4.78 is 44.5. The highest BCUT2D eigenvalue weighted by molar-refractivity contribution is 6.30. The molecule has 0 amide bonds. The second kappa shape index (κ2) is 3.69. The lowest BCUT2D eigenvalue weighted by atomic mass is 10.1. The maximum absolute atomic E-state index is 8.02. The van der Waals surface area contributed by atoms with Crippen LogP contribution in [0.4, 0.5) is 0 Å². The summed E-state index contributed by atoms with van der Waals surface area (Å²) >= 11 is 5.95. The minimum absolute atomic E-state index is 0.0130. The van der Waals surface area contributed by atoms with Gasteiger partial charge in [0.15, 0.2) is 0 Å². The molecule has 3 rings (SSSR count). The van der Waals surface area contributed by atoms with E-state index in [1.54, 1.807) is 24.3 Å². The largest absolute Gasteiger partial charge is 0.464 e. The quantitative estimate of drug-likeness (QED) is 0.591. The first-order valence-corrected chi connectivity index (χ1v) is 5.05. The van der Waals surface area contributed by atoms with Gasteiger partial charge in [-0.15, -0.1) is 0 Å². The van der Waals surface area contributed by atoms with Crippen molar-refractivity contribution in [3.63, 3.8) is 0 Å². The summed E-state index contributed by atoms with van der Waals surface area (Å²) in [4.78, 5) is 0.